The minimum atomic E-state index is 0.0564. The van der Waals surface area contributed by atoms with Crippen LogP contribution in [0.25, 0.3) is 0 Å². The summed E-state index contributed by atoms with van der Waals surface area (Å²) in [6, 6.07) is 2.08. The van der Waals surface area contributed by atoms with E-state index in [2.05, 4.69) is 23.2 Å². The lowest BCUT2D eigenvalue weighted by Crippen LogP contribution is -2.37. The second kappa shape index (κ2) is 10.3. The number of aryl methyl sites for hydroxylation is 1. The number of amides is 2. The van der Waals surface area contributed by atoms with Gasteiger partial charge in [0.15, 0.2) is 0 Å². The van der Waals surface area contributed by atoms with E-state index in [9.17, 15) is 9.59 Å². The van der Waals surface area contributed by atoms with Crippen LogP contribution in [-0.2, 0) is 17.6 Å². The summed E-state index contributed by atoms with van der Waals surface area (Å²) in [6.45, 7) is 8.34. The zero-order chi connectivity index (χ0) is 20.9. The molecule has 1 N–H and O–H groups in total. The molecule has 1 aromatic rings. The molecule has 4 rings (SSSR count). The van der Waals surface area contributed by atoms with Crippen LogP contribution in [0.5, 0.6) is 0 Å². The molecule has 0 aromatic carbocycles. The molecular weight excluding hydrogens is 394 g/mol. The number of nitrogens with zero attached hydrogens (tertiary/aromatic N) is 2. The Balaban J connectivity index is 1.24. The van der Waals surface area contributed by atoms with E-state index in [4.69, 9.17) is 0 Å². The molecule has 166 valence electrons. The van der Waals surface area contributed by atoms with Crippen molar-refractivity contribution in [3.05, 3.63) is 21.4 Å². The SMILES string of the molecule is CC1CCN(C(=O)c2cc3c(s2)CC[C@H](C(=O)NCCCN2CCCCC2)C3)CC1. The molecule has 5 nitrogen and oxygen atoms in total. The Hall–Kier alpha value is -1.40. The average molecular weight is 432 g/mol. The van der Waals surface area contributed by atoms with E-state index >= 15 is 0 Å². The smallest absolute Gasteiger partial charge is 0.263 e. The third-order valence-electron chi connectivity index (χ3n) is 7.13. The largest absolute Gasteiger partial charge is 0.356 e. The van der Waals surface area contributed by atoms with Crippen molar-refractivity contribution in [3.63, 3.8) is 0 Å². The van der Waals surface area contributed by atoms with E-state index in [-0.39, 0.29) is 17.7 Å². The van der Waals surface area contributed by atoms with Gasteiger partial charge in [-0.3, -0.25) is 9.59 Å². The topological polar surface area (TPSA) is 52.7 Å². The molecule has 1 atom stereocenters. The molecule has 2 amide bonds. The number of rotatable bonds is 6. The van der Waals surface area contributed by atoms with Gasteiger partial charge >= 0.3 is 0 Å². The van der Waals surface area contributed by atoms with Crippen LogP contribution < -0.4 is 5.32 Å². The number of nitrogens with one attached hydrogen (secondary N) is 1. The fraction of sp³-hybridized carbons (Fsp3) is 0.750. The lowest BCUT2D eigenvalue weighted by atomic mass is 9.87. The van der Waals surface area contributed by atoms with Crippen molar-refractivity contribution in [1.29, 1.82) is 0 Å². The van der Waals surface area contributed by atoms with Crippen LogP contribution in [0.15, 0.2) is 6.07 Å². The number of carbonyl (C=O) groups is 2. The van der Waals surface area contributed by atoms with E-state index in [0.29, 0.717) is 0 Å². The quantitative estimate of drug-likeness (QED) is 0.699. The van der Waals surface area contributed by atoms with Crippen LogP contribution in [0, 0.1) is 11.8 Å². The van der Waals surface area contributed by atoms with Crippen molar-refractivity contribution in [2.45, 2.75) is 64.7 Å². The van der Waals surface area contributed by atoms with E-state index in [1.165, 1.54) is 42.8 Å². The van der Waals surface area contributed by atoms with Gasteiger partial charge in [0, 0.05) is 30.4 Å². The number of hydrogen-bond donors (Lipinski definition) is 1. The van der Waals surface area contributed by atoms with Gasteiger partial charge in [0.1, 0.15) is 0 Å². The molecule has 0 saturated carbocycles. The minimum Gasteiger partial charge on any atom is -0.356 e. The molecule has 3 aliphatic rings. The van der Waals surface area contributed by atoms with Gasteiger partial charge in [0.05, 0.1) is 4.88 Å². The van der Waals surface area contributed by atoms with Crippen molar-refractivity contribution < 1.29 is 9.59 Å². The van der Waals surface area contributed by atoms with E-state index in [1.54, 1.807) is 11.3 Å². The molecule has 6 heteroatoms. The Bertz CT molecular complexity index is 733. The van der Waals surface area contributed by atoms with Gasteiger partial charge in [-0.05, 0) is 88.5 Å². The first-order valence-electron chi connectivity index (χ1n) is 12.0. The maximum Gasteiger partial charge on any atom is 0.263 e. The van der Waals surface area contributed by atoms with Gasteiger partial charge in [0.25, 0.3) is 5.91 Å². The molecule has 1 aliphatic carbocycles. The molecule has 0 spiro atoms. The molecule has 2 fully saturated rings. The van der Waals surface area contributed by atoms with Crippen LogP contribution in [0.1, 0.15) is 72.0 Å². The number of hydrogen-bond acceptors (Lipinski definition) is 4. The zero-order valence-electron chi connectivity index (χ0n) is 18.5. The van der Waals surface area contributed by atoms with Gasteiger partial charge in [0.2, 0.25) is 5.91 Å². The number of likely N-dealkylation sites (tertiary alicyclic amines) is 2. The Kier molecular flexibility index (Phi) is 7.47. The summed E-state index contributed by atoms with van der Waals surface area (Å²) in [7, 11) is 0. The van der Waals surface area contributed by atoms with Crippen LogP contribution >= 0.6 is 11.3 Å². The summed E-state index contributed by atoms with van der Waals surface area (Å²) >= 11 is 1.66. The van der Waals surface area contributed by atoms with Crippen molar-refractivity contribution in [3.8, 4) is 0 Å². The van der Waals surface area contributed by atoms with Crippen molar-refractivity contribution in [2.75, 3.05) is 39.3 Å². The molecule has 0 bridgehead atoms. The van der Waals surface area contributed by atoms with Crippen LogP contribution in [0.4, 0.5) is 0 Å². The van der Waals surface area contributed by atoms with E-state index in [1.807, 2.05) is 4.90 Å². The van der Waals surface area contributed by atoms with Crippen molar-refractivity contribution >= 4 is 23.2 Å². The Morgan fingerprint density at radius 2 is 1.87 bits per heavy atom. The summed E-state index contributed by atoms with van der Waals surface area (Å²) in [5.74, 6) is 1.17. The third kappa shape index (κ3) is 5.44. The molecular formula is C24H37N3O2S. The van der Waals surface area contributed by atoms with Crippen molar-refractivity contribution in [1.82, 2.24) is 15.1 Å². The maximum atomic E-state index is 12.9. The van der Waals surface area contributed by atoms with E-state index < -0.39 is 0 Å². The van der Waals surface area contributed by atoms with Crippen LogP contribution in [0.3, 0.4) is 0 Å². The zero-order valence-corrected chi connectivity index (χ0v) is 19.3. The second-order valence-electron chi connectivity index (χ2n) is 9.52. The lowest BCUT2D eigenvalue weighted by Gasteiger charge is -2.29. The van der Waals surface area contributed by atoms with Gasteiger partial charge in [-0.1, -0.05) is 13.3 Å². The first-order valence-corrected chi connectivity index (χ1v) is 12.8. The number of piperidine rings is 2. The average Bonchev–Trinajstić information content (AvgIpc) is 3.21. The molecule has 0 unspecified atom stereocenters. The molecule has 3 heterocycles. The first kappa shape index (κ1) is 21.8. The van der Waals surface area contributed by atoms with Gasteiger partial charge in [-0.2, -0.15) is 0 Å². The highest BCUT2D eigenvalue weighted by molar-refractivity contribution is 7.14. The summed E-state index contributed by atoms with van der Waals surface area (Å²) < 4.78 is 0. The summed E-state index contributed by atoms with van der Waals surface area (Å²) in [5.41, 5.74) is 1.23. The van der Waals surface area contributed by atoms with Crippen LogP contribution in [-0.4, -0.2) is 60.9 Å². The third-order valence-corrected chi connectivity index (χ3v) is 8.36. The summed E-state index contributed by atoms with van der Waals surface area (Å²) in [6.07, 6.45) is 9.87. The molecule has 1 aromatic heterocycles. The Morgan fingerprint density at radius 1 is 1.10 bits per heavy atom. The Labute approximate surface area is 185 Å². The predicted octanol–water partition coefficient (Wildman–Crippen LogP) is 3.72. The Morgan fingerprint density at radius 3 is 2.63 bits per heavy atom. The van der Waals surface area contributed by atoms with Gasteiger partial charge in [-0.15, -0.1) is 11.3 Å². The molecule has 30 heavy (non-hydrogen) atoms. The summed E-state index contributed by atoms with van der Waals surface area (Å²) in [4.78, 5) is 32.3. The highest BCUT2D eigenvalue weighted by Crippen LogP contribution is 2.33. The van der Waals surface area contributed by atoms with Gasteiger partial charge < -0.3 is 15.1 Å². The standard InChI is InChI=1S/C24H37N3O2S/c1-18-8-14-27(15-9-18)24(29)22-17-20-16-19(6-7-21(20)30-22)23(28)25-10-5-13-26-11-3-2-4-12-26/h17-19H,2-16H2,1H3,(H,25,28)/t19-/m0/s1. The minimum absolute atomic E-state index is 0.0564. The highest BCUT2D eigenvalue weighted by atomic mass is 32.1. The fourth-order valence-corrected chi connectivity index (χ4v) is 6.24. The van der Waals surface area contributed by atoms with Gasteiger partial charge in [-0.25, -0.2) is 0 Å². The van der Waals surface area contributed by atoms with E-state index in [0.717, 1.165) is 75.5 Å². The van der Waals surface area contributed by atoms with Crippen molar-refractivity contribution in [2.24, 2.45) is 11.8 Å². The number of carbonyl (C=O) groups excluding carboxylic acids is 2. The fourth-order valence-electron chi connectivity index (χ4n) is 5.06. The monoisotopic (exact) mass is 431 g/mol. The molecule has 0 radical (unpaired) electrons. The lowest BCUT2D eigenvalue weighted by molar-refractivity contribution is -0.125. The highest BCUT2D eigenvalue weighted by Gasteiger charge is 2.29. The van der Waals surface area contributed by atoms with Crippen LogP contribution in [0.2, 0.25) is 0 Å². The normalized spacial score (nSPS) is 23.2. The molecule has 2 saturated heterocycles. The molecule has 2 aliphatic heterocycles. The number of thiophene rings is 1. The summed E-state index contributed by atoms with van der Waals surface area (Å²) in [5, 5.41) is 3.17. The second-order valence-corrected chi connectivity index (χ2v) is 10.7. The maximum absolute atomic E-state index is 12.9. The number of fused-ring (bicyclic) bond motifs is 1. The first-order chi connectivity index (χ1) is 14.6. The predicted molar refractivity (Wildman–Crippen MR) is 122 cm³/mol.